The van der Waals surface area contributed by atoms with E-state index in [-0.39, 0.29) is 19.8 Å². The molecule has 0 radical (unpaired) electrons. The number of benzene rings is 2. The zero-order chi connectivity index (χ0) is 22.9. The van der Waals surface area contributed by atoms with Gasteiger partial charge in [-0.25, -0.2) is 0 Å². The Balaban J connectivity index is 1.81. The van der Waals surface area contributed by atoms with E-state index in [2.05, 4.69) is 0 Å². The van der Waals surface area contributed by atoms with Crippen LogP contribution in [0.3, 0.4) is 0 Å². The van der Waals surface area contributed by atoms with E-state index < -0.39 is 42.6 Å². The van der Waals surface area contributed by atoms with E-state index in [0.717, 1.165) is 11.1 Å². The Labute approximate surface area is 187 Å². The molecule has 3 rings (SSSR count). The fourth-order valence-electron chi connectivity index (χ4n) is 3.47. The molecule has 1 fully saturated rings. The number of hydrogen-bond donors (Lipinski definition) is 1. The summed E-state index contributed by atoms with van der Waals surface area (Å²) in [6, 6.07) is 18.8. The van der Waals surface area contributed by atoms with Crippen LogP contribution in [0.4, 0.5) is 0 Å². The first-order valence-corrected chi connectivity index (χ1v) is 10.4. The molecule has 0 unspecified atom stereocenters. The highest BCUT2D eigenvalue weighted by molar-refractivity contribution is 5.66. The van der Waals surface area contributed by atoms with Gasteiger partial charge in [-0.15, -0.1) is 0 Å². The SMILES string of the molecule is CC(=O)OC[C@H]1O[C@H](O)[C@H](OCc2ccccc2)[C@@H](OC(C)=O)[C@@H]1OCc1ccccc1. The fourth-order valence-corrected chi connectivity index (χ4v) is 3.47. The molecule has 8 nitrogen and oxygen atoms in total. The maximum absolute atomic E-state index is 11.9. The minimum absolute atomic E-state index is 0.170. The summed E-state index contributed by atoms with van der Waals surface area (Å²) in [4.78, 5) is 23.2. The van der Waals surface area contributed by atoms with Crippen molar-refractivity contribution in [3.63, 3.8) is 0 Å². The molecule has 0 saturated carbocycles. The second kappa shape index (κ2) is 11.7. The summed E-state index contributed by atoms with van der Waals surface area (Å²) in [5, 5.41) is 10.6. The maximum atomic E-state index is 11.9. The molecule has 0 aliphatic carbocycles. The minimum Gasteiger partial charge on any atom is -0.463 e. The van der Waals surface area contributed by atoms with E-state index in [1.54, 1.807) is 0 Å². The van der Waals surface area contributed by atoms with Gasteiger partial charge in [-0.1, -0.05) is 60.7 Å². The Morgan fingerprint density at radius 3 is 1.84 bits per heavy atom. The van der Waals surface area contributed by atoms with Crippen LogP contribution in [0.5, 0.6) is 0 Å². The van der Waals surface area contributed by atoms with Gasteiger partial charge >= 0.3 is 11.9 Å². The van der Waals surface area contributed by atoms with Crippen LogP contribution in [0.1, 0.15) is 25.0 Å². The summed E-state index contributed by atoms with van der Waals surface area (Å²) in [6.45, 7) is 2.74. The second-order valence-electron chi connectivity index (χ2n) is 7.46. The van der Waals surface area contributed by atoms with Gasteiger partial charge in [0.05, 0.1) is 13.2 Å². The lowest BCUT2D eigenvalue weighted by Gasteiger charge is -2.43. The highest BCUT2D eigenvalue weighted by Gasteiger charge is 2.49. The molecule has 1 saturated heterocycles. The summed E-state index contributed by atoms with van der Waals surface area (Å²) in [7, 11) is 0. The van der Waals surface area contributed by atoms with E-state index >= 15 is 0 Å². The summed E-state index contributed by atoms with van der Waals surface area (Å²) < 4.78 is 28.3. The number of hydrogen-bond acceptors (Lipinski definition) is 8. The van der Waals surface area contributed by atoms with Crippen LogP contribution in [-0.4, -0.2) is 54.4 Å². The lowest BCUT2D eigenvalue weighted by atomic mass is 9.98. The Bertz CT molecular complexity index is 857. The third-order valence-corrected chi connectivity index (χ3v) is 4.93. The molecule has 1 heterocycles. The molecule has 0 amide bonds. The third kappa shape index (κ3) is 6.86. The van der Waals surface area contributed by atoms with E-state index in [0.29, 0.717) is 0 Å². The van der Waals surface area contributed by atoms with Crippen molar-refractivity contribution in [2.24, 2.45) is 0 Å². The smallest absolute Gasteiger partial charge is 0.303 e. The van der Waals surface area contributed by atoms with Crippen molar-refractivity contribution in [2.45, 2.75) is 57.8 Å². The summed E-state index contributed by atoms with van der Waals surface area (Å²) in [6.07, 6.45) is -5.11. The molecule has 5 atom stereocenters. The average Bonchev–Trinajstić information content (AvgIpc) is 2.77. The minimum atomic E-state index is -1.42. The Morgan fingerprint density at radius 1 is 0.812 bits per heavy atom. The van der Waals surface area contributed by atoms with Crippen LogP contribution in [0, 0.1) is 0 Å². The van der Waals surface area contributed by atoms with E-state index in [9.17, 15) is 14.7 Å². The number of aliphatic hydroxyl groups excluding tert-OH is 1. The first kappa shape index (κ1) is 23.9. The van der Waals surface area contributed by atoms with E-state index in [4.69, 9.17) is 23.7 Å². The first-order chi connectivity index (χ1) is 15.4. The molecule has 0 spiro atoms. The molecule has 0 bridgehead atoms. The predicted molar refractivity (Wildman–Crippen MR) is 113 cm³/mol. The lowest BCUT2D eigenvalue weighted by molar-refractivity contribution is -0.309. The molecule has 2 aromatic carbocycles. The highest BCUT2D eigenvalue weighted by atomic mass is 16.7. The molecule has 172 valence electrons. The van der Waals surface area contributed by atoms with Gasteiger partial charge in [0, 0.05) is 13.8 Å². The van der Waals surface area contributed by atoms with Gasteiger partial charge in [-0.05, 0) is 11.1 Å². The van der Waals surface area contributed by atoms with Crippen LogP contribution in [0.15, 0.2) is 60.7 Å². The first-order valence-electron chi connectivity index (χ1n) is 10.4. The van der Waals surface area contributed by atoms with Crippen LogP contribution >= 0.6 is 0 Å². The molecular formula is C24H28O8. The van der Waals surface area contributed by atoms with Gasteiger partial charge in [-0.3, -0.25) is 9.59 Å². The molecule has 1 N–H and O–H groups in total. The van der Waals surface area contributed by atoms with Crippen LogP contribution in [-0.2, 0) is 46.5 Å². The van der Waals surface area contributed by atoms with Gasteiger partial charge < -0.3 is 28.8 Å². The van der Waals surface area contributed by atoms with Gasteiger partial charge in [-0.2, -0.15) is 0 Å². The standard InChI is InChI=1S/C24H28O8/c1-16(25)28-15-20-21(29-13-18-9-5-3-6-10-18)22(31-17(2)26)23(24(27)32-20)30-14-19-11-7-4-8-12-19/h3-12,20-24,27H,13-15H2,1-2H3/t20-,21-,22+,23-,24+/m1/s1. The number of esters is 2. The predicted octanol–water partition coefficient (Wildman–Crippen LogP) is 2.37. The largest absolute Gasteiger partial charge is 0.463 e. The van der Waals surface area contributed by atoms with Crippen molar-refractivity contribution in [3.05, 3.63) is 71.8 Å². The second-order valence-corrected chi connectivity index (χ2v) is 7.46. The number of ether oxygens (including phenoxy) is 5. The highest BCUT2D eigenvalue weighted by Crippen LogP contribution is 2.29. The number of aliphatic hydroxyl groups is 1. The molecule has 0 aromatic heterocycles. The Morgan fingerprint density at radius 2 is 1.34 bits per heavy atom. The lowest BCUT2D eigenvalue weighted by Crippen LogP contribution is -2.61. The van der Waals surface area contributed by atoms with Gasteiger partial charge in [0.1, 0.15) is 24.9 Å². The molecule has 8 heteroatoms. The molecule has 32 heavy (non-hydrogen) atoms. The fraction of sp³-hybridized carbons (Fsp3) is 0.417. The van der Waals surface area contributed by atoms with Crippen LogP contribution in [0.2, 0.25) is 0 Å². The van der Waals surface area contributed by atoms with Crippen molar-refractivity contribution in [1.29, 1.82) is 0 Å². The van der Waals surface area contributed by atoms with Gasteiger partial charge in [0.25, 0.3) is 0 Å². The molecule has 1 aliphatic heterocycles. The summed E-state index contributed by atoms with van der Waals surface area (Å²) >= 11 is 0. The monoisotopic (exact) mass is 444 g/mol. The maximum Gasteiger partial charge on any atom is 0.303 e. The van der Waals surface area contributed by atoms with Gasteiger partial charge in [0.2, 0.25) is 0 Å². The number of carbonyl (C=O) groups is 2. The topological polar surface area (TPSA) is 101 Å². The van der Waals surface area contributed by atoms with Crippen LogP contribution < -0.4 is 0 Å². The number of rotatable bonds is 9. The van der Waals surface area contributed by atoms with Crippen molar-refractivity contribution in [2.75, 3.05) is 6.61 Å². The van der Waals surface area contributed by atoms with Crippen LogP contribution in [0.25, 0.3) is 0 Å². The Hall–Kier alpha value is -2.78. The average molecular weight is 444 g/mol. The normalized spacial score (nSPS) is 25.2. The van der Waals surface area contributed by atoms with Crippen molar-refractivity contribution < 1.29 is 38.4 Å². The van der Waals surface area contributed by atoms with Gasteiger partial charge in [0.15, 0.2) is 12.4 Å². The van der Waals surface area contributed by atoms with Crippen molar-refractivity contribution in [3.8, 4) is 0 Å². The third-order valence-electron chi connectivity index (χ3n) is 4.93. The molecule has 2 aromatic rings. The number of carbonyl (C=O) groups excluding carboxylic acids is 2. The summed E-state index contributed by atoms with van der Waals surface area (Å²) in [5.74, 6) is -1.06. The zero-order valence-corrected chi connectivity index (χ0v) is 18.1. The Kier molecular flexibility index (Phi) is 8.75. The molecular weight excluding hydrogens is 416 g/mol. The van der Waals surface area contributed by atoms with E-state index in [1.165, 1.54) is 13.8 Å². The van der Waals surface area contributed by atoms with E-state index in [1.807, 2.05) is 60.7 Å². The summed E-state index contributed by atoms with van der Waals surface area (Å²) in [5.41, 5.74) is 1.78. The zero-order valence-electron chi connectivity index (χ0n) is 18.1. The van der Waals surface area contributed by atoms with Crippen molar-refractivity contribution >= 4 is 11.9 Å². The van der Waals surface area contributed by atoms with Crippen molar-refractivity contribution in [1.82, 2.24) is 0 Å². The quantitative estimate of drug-likeness (QED) is 0.589. The molecule has 1 aliphatic rings.